The van der Waals surface area contributed by atoms with E-state index < -0.39 is 29.4 Å². The molecule has 9 nitrogen and oxygen atoms in total. The van der Waals surface area contributed by atoms with Gasteiger partial charge in [-0.2, -0.15) is 5.26 Å². The number of alkyl carbamates (subject to hydrolysis) is 1. The summed E-state index contributed by atoms with van der Waals surface area (Å²) in [5, 5.41) is 12.5. The number of halogens is 2. The van der Waals surface area contributed by atoms with Crippen LogP contribution in [0, 0.1) is 34.9 Å². The second kappa shape index (κ2) is 13.5. The van der Waals surface area contributed by atoms with Crippen molar-refractivity contribution in [2.45, 2.75) is 56.3 Å². The lowest BCUT2D eigenvalue weighted by Gasteiger charge is -2.49. The largest absolute Gasteiger partial charge is 0.453 e. The van der Waals surface area contributed by atoms with E-state index >= 15 is 0 Å². The number of hydrogen-bond acceptors (Lipinski definition) is 7. The van der Waals surface area contributed by atoms with Gasteiger partial charge in [-0.1, -0.05) is 18.6 Å². The van der Waals surface area contributed by atoms with Crippen molar-refractivity contribution in [3.05, 3.63) is 65.0 Å². The molecule has 3 atom stereocenters. The second-order valence-corrected chi connectivity index (χ2v) is 13.6. The molecule has 246 valence electrons. The minimum absolute atomic E-state index is 0.0952. The zero-order valence-electron chi connectivity index (χ0n) is 26.5. The predicted molar refractivity (Wildman–Crippen MR) is 170 cm³/mol. The van der Waals surface area contributed by atoms with Gasteiger partial charge in [-0.15, -0.1) is 0 Å². The van der Waals surface area contributed by atoms with Crippen LogP contribution in [0.1, 0.15) is 48.8 Å². The van der Waals surface area contributed by atoms with Gasteiger partial charge in [-0.25, -0.2) is 13.6 Å². The molecule has 2 amide bonds. The molecule has 0 spiro atoms. The summed E-state index contributed by atoms with van der Waals surface area (Å²) in [4.78, 5) is 32.7. The molecule has 3 saturated heterocycles. The lowest BCUT2D eigenvalue weighted by atomic mass is 9.58. The van der Waals surface area contributed by atoms with Gasteiger partial charge in [0.25, 0.3) is 0 Å². The van der Waals surface area contributed by atoms with E-state index in [1.165, 1.54) is 19.2 Å². The molecule has 0 bridgehead atoms. The van der Waals surface area contributed by atoms with Gasteiger partial charge < -0.3 is 25.6 Å². The highest BCUT2D eigenvalue weighted by Gasteiger charge is 2.56. The SMILES string of the molecule is COC(=O)N[C@H]1CCC[C@@H]1[C@](C(N)=O)(c1cccc(F)c1)C1CCN(CC2CN(c3ccc(C#N)c(CN4CC(F)C4)c3)C2)CC1. The van der Waals surface area contributed by atoms with Crippen molar-refractivity contribution in [2.75, 3.05) is 57.8 Å². The summed E-state index contributed by atoms with van der Waals surface area (Å²) in [5.41, 5.74) is 8.48. The van der Waals surface area contributed by atoms with Crippen LogP contribution < -0.4 is 16.0 Å². The third-order valence-electron chi connectivity index (χ3n) is 10.9. The van der Waals surface area contributed by atoms with Crippen molar-refractivity contribution < 1.29 is 23.1 Å². The summed E-state index contributed by atoms with van der Waals surface area (Å²) >= 11 is 0. The summed E-state index contributed by atoms with van der Waals surface area (Å²) in [6.45, 7) is 5.82. The molecule has 2 aromatic rings. The molecule has 6 rings (SSSR count). The Balaban J connectivity index is 1.11. The van der Waals surface area contributed by atoms with Gasteiger partial charge in [-0.05, 0) is 92.1 Å². The number of carbonyl (C=O) groups excluding carboxylic acids is 2. The van der Waals surface area contributed by atoms with Gasteiger partial charge >= 0.3 is 6.09 Å². The summed E-state index contributed by atoms with van der Waals surface area (Å²) < 4.78 is 32.9. The van der Waals surface area contributed by atoms with Crippen LogP contribution in [-0.2, 0) is 21.5 Å². The summed E-state index contributed by atoms with van der Waals surface area (Å²) in [7, 11) is 1.32. The number of nitrogens with two attached hydrogens (primary N) is 1. The lowest BCUT2D eigenvalue weighted by Crippen LogP contribution is -2.59. The van der Waals surface area contributed by atoms with Gasteiger partial charge in [0, 0.05) is 56.9 Å². The van der Waals surface area contributed by atoms with Crippen LogP contribution in [0.15, 0.2) is 42.5 Å². The molecule has 0 radical (unpaired) electrons. The molecule has 1 saturated carbocycles. The number of alkyl halides is 1. The number of anilines is 1. The van der Waals surface area contributed by atoms with Crippen LogP contribution in [0.5, 0.6) is 0 Å². The van der Waals surface area contributed by atoms with Crippen LogP contribution in [0.2, 0.25) is 0 Å². The molecule has 4 fully saturated rings. The molecule has 2 aromatic carbocycles. The standard InChI is InChI=1S/C35H44F2N6O3/c1-46-34(45)40-32-7-3-6-31(32)35(33(39)44,27-4-2-5-28(36)15-27)26-10-12-41(13-11-26)17-23-18-43(19-23)30-9-8-24(16-38)25(14-30)20-42-21-29(37)22-42/h2,4-5,8-9,14-15,23,26,29,31-32H,3,6-7,10-13,17-22H2,1H3,(H2,39,44)(H,40,45)/t31-,32-,35+/m0/s1. The number of methoxy groups -OCH3 is 1. The average Bonchev–Trinajstić information content (AvgIpc) is 3.46. The molecule has 11 heteroatoms. The molecule has 46 heavy (non-hydrogen) atoms. The molecule has 3 N–H and O–H groups in total. The first-order valence-corrected chi connectivity index (χ1v) is 16.5. The molecule has 4 aliphatic rings. The lowest BCUT2D eigenvalue weighted by molar-refractivity contribution is -0.130. The minimum atomic E-state index is -1.11. The molecular formula is C35H44F2N6O3. The van der Waals surface area contributed by atoms with Gasteiger partial charge in [0.1, 0.15) is 12.0 Å². The van der Waals surface area contributed by atoms with Crippen molar-refractivity contribution >= 4 is 17.7 Å². The second-order valence-electron chi connectivity index (χ2n) is 13.6. The number of benzene rings is 2. The zero-order valence-corrected chi connectivity index (χ0v) is 26.5. The summed E-state index contributed by atoms with van der Waals surface area (Å²) in [6, 6.07) is 14.2. The number of nitrogens with zero attached hydrogens (tertiary/aromatic N) is 4. The third kappa shape index (κ3) is 6.29. The molecule has 3 aliphatic heterocycles. The molecule has 0 unspecified atom stereocenters. The fourth-order valence-electron chi connectivity index (χ4n) is 8.64. The van der Waals surface area contributed by atoms with Crippen LogP contribution in [0.3, 0.4) is 0 Å². The Hall–Kier alpha value is -3.75. The molecule has 3 heterocycles. The number of ether oxygens (including phenoxy) is 1. The molecular weight excluding hydrogens is 590 g/mol. The van der Waals surface area contributed by atoms with Crippen molar-refractivity contribution in [3.63, 3.8) is 0 Å². The number of rotatable bonds is 10. The first kappa shape index (κ1) is 32.2. The number of nitriles is 1. The van der Waals surface area contributed by atoms with E-state index in [9.17, 15) is 23.6 Å². The first-order chi connectivity index (χ1) is 22.2. The third-order valence-corrected chi connectivity index (χ3v) is 10.9. The molecule has 1 aliphatic carbocycles. The predicted octanol–water partition coefficient (Wildman–Crippen LogP) is 3.95. The maximum Gasteiger partial charge on any atom is 0.407 e. The normalized spacial score (nSPS) is 24.4. The van der Waals surface area contributed by atoms with Crippen molar-refractivity contribution in [1.82, 2.24) is 15.1 Å². The highest BCUT2D eigenvalue weighted by Crippen LogP contribution is 2.50. The number of amides is 2. The molecule has 0 aromatic heterocycles. The van der Waals surface area contributed by atoms with E-state index in [4.69, 9.17) is 10.5 Å². The zero-order chi connectivity index (χ0) is 32.4. The maximum atomic E-state index is 14.6. The Morgan fingerprint density at radius 2 is 1.83 bits per heavy atom. The van der Waals surface area contributed by atoms with Crippen LogP contribution in [-0.4, -0.2) is 86.9 Å². The maximum absolute atomic E-state index is 14.6. The Labute approximate surface area is 269 Å². The van der Waals surface area contributed by atoms with Gasteiger partial charge in [0.2, 0.25) is 5.91 Å². The number of hydrogen-bond donors (Lipinski definition) is 2. The van der Waals surface area contributed by atoms with E-state index in [2.05, 4.69) is 27.3 Å². The number of nitrogens with one attached hydrogen (secondary N) is 1. The monoisotopic (exact) mass is 634 g/mol. The number of likely N-dealkylation sites (tertiary alicyclic amines) is 2. The van der Waals surface area contributed by atoms with E-state index in [0.29, 0.717) is 49.5 Å². The number of piperidine rings is 1. The Kier molecular flexibility index (Phi) is 9.48. The summed E-state index contributed by atoms with van der Waals surface area (Å²) in [5.74, 6) is -0.739. The Bertz CT molecular complexity index is 1460. The van der Waals surface area contributed by atoms with E-state index in [1.807, 2.05) is 23.1 Å². The van der Waals surface area contributed by atoms with Crippen molar-refractivity contribution in [3.8, 4) is 6.07 Å². The van der Waals surface area contributed by atoms with Crippen LogP contribution >= 0.6 is 0 Å². The summed E-state index contributed by atoms with van der Waals surface area (Å²) in [6.07, 6.45) is 2.42. The fraction of sp³-hybridized carbons (Fsp3) is 0.571. The Morgan fingerprint density at radius 1 is 1.07 bits per heavy atom. The van der Waals surface area contributed by atoms with Crippen molar-refractivity contribution in [1.29, 1.82) is 5.26 Å². The quantitative estimate of drug-likeness (QED) is 0.407. The Morgan fingerprint density at radius 3 is 2.48 bits per heavy atom. The van der Waals surface area contributed by atoms with Crippen LogP contribution in [0.4, 0.5) is 19.3 Å². The smallest absolute Gasteiger partial charge is 0.407 e. The van der Waals surface area contributed by atoms with E-state index in [-0.39, 0.29) is 17.9 Å². The van der Waals surface area contributed by atoms with Crippen molar-refractivity contribution in [2.24, 2.45) is 23.5 Å². The number of carbonyl (C=O) groups is 2. The topological polar surface area (TPSA) is 115 Å². The van der Waals surface area contributed by atoms with Crippen LogP contribution in [0.25, 0.3) is 0 Å². The van der Waals surface area contributed by atoms with Gasteiger partial charge in [-0.3, -0.25) is 9.69 Å². The van der Waals surface area contributed by atoms with Gasteiger partial charge in [0.15, 0.2) is 0 Å². The van der Waals surface area contributed by atoms with E-state index in [0.717, 1.165) is 63.2 Å². The fourth-order valence-corrected chi connectivity index (χ4v) is 8.64. The minimum Gasteiger partial charge on any atom is -0.453 e. The highest BCUT2D eigenvalue weighted by molar-refractivity contribution is 5.88. The van der Waals surface area contributed by atoms with E-state index in [1.54, 1.807) is 6.07 Å². The highest BCUT2D eigenvalue weighted by atomic mass is 19.1. The number of primary amides is 1. The first-order valence-electron chi connectivity index (χ1n) is 16.5. The average molecular weight is 635 g/mol. The van der Waals surface area contributed by atoms with Gasteiger partial charge in [0.05, 0.1) is 24.2 Å².